The van der Waals surface area contributed by atoms with Crippen molar-refractivity contribution in [1.29, 1.82) is 0 Å². The number of carbonyl (C=O) groups excluding carboxylic acids is 1. The molecule has 0 N–H and O–H groups in total. The number of carbonyl (C=O) groups is 1. The number of thioether (sulfide) groups is 1. The Balaban J connectivity index is 2.51. The lowest BCUT2D eigenvalue weighted by molar-refractivity contribution is -0.107. The first-order chi connectivity index (χ1) is 6.36. The summed E-state index contributed by atoms with van der Waals surface area (Å²) in [5, 5.41) is 0.118. The van der Waals surface area contributed by atoms with Crippen LogP contribution in [0.3, 0.4) is 0 Å². The Morgan fingerprint density at radius 2 is 2.08 bits per heavy atom. The summed E-state index contributed by atoms with van der Waals surface area (Å²) in [5.41, 5.74) is 1.24. The first kappa shape index (κ1) is 10.3. The smallest absolute Gasteiger partial charge is 0.133 e. The number of benzene rings is 1. The predicted octanol–water partition coefficient (Wildman–Crippen LogP) is 2.55. The maximum atomic E-state index is 10.7. The molecule has 0 amide bonds. The summed E-state index contributed by atoms with van der Waals surface area (Å²) in [6.07, 6.45) is 1.89. The molecule has 0 unspecified atom stereocenters. The first-order valence-electron chi connectivity index (χ1n) is 4.47. The molecule has 13 heavy (non-hydrogen) atoms. The normalized spacial score (nSPS) is 12.4. The van der Waals surface area contributed by atoms with Crippen molar-refractivity contribution in [2.75, 3.05) is 5.75 Å². The molecule has 1 aromatic rings. The van der Waals surface area contributed by atoms with Gasteiger partial charge in [0.1, 0.15) is 6.29 Å². The molecule has 0 heterocycles. The summed E-state index contributed by atoms with van der Waals surface area (Å²) in [6, 6.07) is 10.1. The molecule has 0 radical (unpaired) electrons. The van der Waals surface area contributed by atoms with E-state index < -0.39 is 0 Å². The number of hydrogen-bond donors (Lipinski definition) is 0. The molecule has 1 aromatic carbocycles. The van der Waals surface area contributed by atoms with E-state index >= 15 is 0 Å². The molecule has 1 atom stereocenters. The molecule has 0 aliphatic carbocycles. The van der Waals surface area contributed by atoms with E-state index in [0.717, 1.165) is 18.5 Å². The third kappa shape index (κ3) is 3.64. The molecule has 0 aliphatic rings. The fourth-order valence-corrected chi connectivity index (χ4v) is 2.02. The van der Waals surface area contributed by atoms with Crippen LogP contribution in [0.15, 0.2) is 30.3 Å². The van der Waals surface area contributed by atoms with Crippen molar-refractivity contribution in [3.63, 3.8) is 0 Å². The van der Waals surface area contributed by atoms with Crippen molar-refractivity contribution in [2.24, 2.45) is 0 Å². The maximum Gasteiger partial charge on any atom is 0.133 e. The third-order valence-corrected chi connectivity index (χ3v) is 2.85. The van der Waals surface area contributed by atoms with E-state index in [9.17, 15) is 4.79 Å². The molecular formula is C11H14OS. The Labute approximate surface area is 83.5 Å². The van der Waals surface area contributed by atoms with Crippen LogP contribution in [0.25, 0.3) is 0 Å². The first-order valence-corrected chi connectivity index (χ1v) is 5.52. The molecule has 1 rings (SSSR count). The minimum Gasteiger partial charge on any atom is -0.302 e. The zero-order valence-corrected chi connectivity index (χ0v) is 8.59. The molecule has 0 bridgehead atoms. The lowest BCUT2D eigenvalue weighted by Crippen LogP contribution is -2.08. The van der Waals surface area contributed by atoms with Crippen LogP contribution in [-0.2, 0) is 11.2 Å². The number of rotatable bonds is 5. The van der Waals surface area contributed by atoms with Gasteiger partial charge in [0.25, 0.3) is 0 Å². The topological polar surface area (TPSA) is 17.1 Å². The van der Waals surface area contributed by atoms with Crippen LogP contribution >= 0.6 is 11.8 Å². The zero-order chi connectivity index (χ0) is 9.52. The van der Waals surface area contributed by atoms with Gasteiger partial charge in [-0.15, -0.1) is 0 Å². The molecule has 0 spiro atoms. The zero-order valence-electron chi connectivity index (χ0n) is 7.77. The molecule has 0 saturated carbocycles. The summed E-state index contributed by atoms with van der Waals surface area (Å²) in [4.78, 5) is 10.7. The highest BCUT2D eigenvalue weighted by Crippen LogP contribution is 2.13. The molecule has 1 nitrogen and oxygen atoms in total. The Morgan fingerprint density at radius 3 is 2.62 bits per heavy atom. The van der Waals surface area contributed by atoms with Gasteiger partial charge < -0.3 is 4.79 Å². The van der Waals surface area contributed by atoms with Gasteiger partial charge in [0.2, 0.25) is 0 Å². The Kier molecular flexibility index (Phi) is 4.61. The van der Waals surface area contributed by atoms with Gasteiger partial charge in [-0.05, 0) is 17.7 Å². The molecule has 0 fully saturated rings. The SMILES string of the molecule is CCS[C@@H](C=O)Cc1ccccc1. The molecule has 70 valence electrons. The van der Waals surface area contributed by atoms with E-state index in [-0.39, 0.29) is 5.25 Å². The van der Waals surface area contributed by atoms with Gasteiger partial charge >= 0.3 is 0 Å². The molecule has 0 aromatic heterocycles. The van der Waals surface area contributed by atoms with Crippen LogP contribution < -0.4 is 0 Å². The highest BCUT2D eigenvalue weighted by molar-refractivity contribution is 8.00. The average molecular weight is 194 g/mol. The number of aldehydes is 1. The number of hydrogen-bond acceptors (Lipinski definition) is 2. The van der Waals surface area contributed by atoms with Crippen LogP contribution in [0.1, 0.15) is 12.5 Å². The minimum atomic E-state index is 0.118. The van der Waals surface area contributed by atoms with Gasteiger partial charge in [0.15, 0.2) is 0 Å². The van der Waals surface area contributed by atoms with Crippen molar-refractivity contribution in [2.45, 2.75) is 18.6 Å². The highest BCUT2D eigenvalue weighted by Gasteiger charge is 2.06. The van der Waals surface area contributed by atoms with Crippen LogP contribution in [0.4, 0.5) is 0 Å². The highest BCUT2D eigenvalue weighted by atomic mass is 32.2. The minimum absolute atomic E-state index is 0.118. The Hall–Kier alpha value is -0.760. The van der Waals surface area contributed by atoms with Gasteiger partial charge in [0.05, 0.1) is 5.25 Å². The summed E-state index contributed by atoms with van der Waals surface area (Å²) >= 11 is 1.70. The van der Waals surface area contributed by atoms with Crippen LogP contribution in [-0.4, -0.2) is 17.3 Å². The molecule has 0 aliphatic heterocycles. The molecular weight excluding hydrogens is 180 g/mol. The summed E-state index contributed by atoms with van der Waals surface area (Å²) in [6.45, 7) is 2.08. The van der Waals surface area contributed by atoms with Crippen LogP contribution in [0.2, 0.25) is 0 Å². The predicted molar refractivity (Wildman–Crippen MR) is 58.1 cm³/mol. The largest absolute Gasteiger partial charge is 0.302 e. The average Bonchev–Trinajstić information content (AvgIpc) is 2.19. The van der Waals surface area contributed by atoms with Gasteiger partial charge in [-0.1, -0.05) is 37.3 Å². The van der Waals surface area contributed by atoms with Crippen molar-refractivity contribution in [3.8, 4) is 0 Å². The second-order valence-electron chi connectivity index (χ2n) is 2.82. The monoisotopic (exact) mass is 194 g/mol. The van der Waals surface area contributed by atoms with E-state index in [2.05, 4.69) is 19.1 Å². The van der Waals surface area contributed by atoms with E-state index in [4.69, 9.17) is 0 Å². The second-order valence-corrected chi connectivity index (χ2v) is 4.34. The second kappa shape index (κ2) is 5.81. The Bertz CT molecular complexity index is 246. The Morgan fingerprint density at radius 1 is 1.38 bits per heavy atom. The van der Waals surface area contributed by atoms with Crippen LogP contribution in [0.5, 0.6) is 0 Å². The summed E-state index contributed by atoms with van der Waals surface area (Å²) in [7, 11) is 0. The third-order valence-electron chi connectivity index (χ3n) is 1.81. The molecule has 2 heteroatoms. The lowest BCUT2D eigenvalue weighted by atomic mass is 10.1. The van der Waals surface area contributed by atoms with Crippen molar-refractivity contribution in [1.82, 2.24) is 0 Å². The maximum absolute atomic E-state index is 10.7. The van der Waals surface area contributed by atoms with Crippen LogP contribution in [0, 0.1) is 0 Å². The van der Waals surface area contributed by atoms with E-state index in [1.807, 2.05) is 18.2 Å². The fraction of sp³-hybridized carbons (Fsp3) is 0.364. The van der Waals surface area contributed by atoms with Gasteiger partial charge in [-0.2, -0.15) is 11.8 Å². The van der Waals surface area contributed by atoms with E-state index in [1.165, 1.54) is 5.56 Å². The summed E-state index contributed by atoms with van der Waals surface area (Å²) < 4.78 is 0. The van der Waals surface area contributed by atoms with Crippen molar-refractivity contribution < 1.29 is 4.79 Å². The summed E-state index contributed by atoms with van der Waals surface area (Å²) in [5.74, 6) is 0.996. The van der Waals surface area contributed by atoms with Crippen molar-refractivity contribution >= 4 is 18.0 Å². The van der Waals surface area contributed by atoms with Crippen molar-refractivity contribution in [3.05, 3.63) is 35.9 Å². The van der Waals surface area contributed by atoms with Gasteiger partial charge in [-0.25, -0.2) is 0 Å². The van der Waals surface area contributed by atoms with E-state index in [0.29, 0.717) is 0 Å². The van der Waals surface area contributed by atoms with E-state index in [1.54, 1.807) is 11.8 Å². The molecule has 0 saturated heterocycles. The van der Waals surface area contributed by atoms with Gasteiger partial charge in [-0.3, -0.25) is 0 Å². The standard InChI is InChI=1S/C11H14OS/c1-2-13-11(9-12)8-10-6-4-3-5-7-10/h3-7,9,11H,2,8H2,1H3/t11-/m1/s1. The lowest BCUT2D eigenvalue weighted by Gasteiger charge is -2.07. The van der Waals surface area contributed by atoms with Gasteiger partial charge in [0, 0.05) is 0 Å². The quantitative estimate of drug-likeness (QED) is 0.670. The fourth-order valence-electron chi connectivity index (χ4n) is 1.21.